The maximum absolute atomic E-state index is 10.3. The Morgan fingerprint density at radius 1 is 1.54 bits per heavy atom. The molecule has 1 N–H and O–H groups in total. The molecule has 4 heteroatoms. The zero-order valence-electron chi connectivity index (χ0n) is 8.01. The normalized spacial score (nSPS) is 17.9. The Morgan fingerprint density at radius 3 is 2.77 bits per heavy atom. The van der Waals surface area contributed by atoms with E-state index >= 15 is 0 Å². The SMILES string of the molecule is CCC(=C=O)OCN1CCNCC1. The van der Waals surface area contributed by atoms with Crippen LogP contribution in [0.3, 0.4) is 0 Å². The first-order chi connectivity index (χ1) is 6.36. The van der Waals surface area contributed by atoms with Crippen molar-refractivity contribution < 1.29 is 9.53 Å². The van der Waals surface area contributed by atoms with Crippen LogP contribution in [0.2, 0.25) is 0 Å². The van der Waals surface area contributed by atoms with Gasteiger partial charge in [0, 0.05) is 32.6 Å². The van der Waals surface area contributed by atoms with E-state index in [0.29, 0.717) is 18.9 Å². The molecule has 0 aliphatic carbocycles. The van der Waals surface area contributed by atoms with Gasteiger partial charge in [0.05, 0.1) is 0 Å². The van der Waals surface area contributed by atoms with Crippen LogP contribution < -0.4 is 5.32 Å². The summed E-state index contributed by atoms with van der Waals surface area (Å²) in [5.41, 5.74) is 0. The van der Waals surface area contributed by atoms with Crippen LogP contribution in [-0.2, 0) is 9.53 Å². The number of allylic oxidation sites excluding steroid dienone is 1. The fourth-order valence-electron chi connectivity index (χ4n) is 1.21. The van der Waals surface area contributed by atoms with Crippen molar-refractivity contribution in [2.45, 2.75) is 13.3 Å². The van der Waals surface area contributed by atoms with E-state index in [-0.39, 0.29) is 0 Å². The van der Waals surface area contributed by atoms with Crippen LogP contribution in [0.15, 0.2) is 5.76 Å². The molecule has 0 aromatic rings. The van der Waals surface area contributed by atoms with Crippen molar-refractivity contribution in [1.82, 2.24) is 10.2 Å². The maximum atomic E-state index is 10.3. The quantitative estimate of drug-likeness (QED) is 0.493. The minimum absolute atomic E-state index is 0.415. The van der Waals surface area contributed by atoms with E-state index < -0.39 is 0 Å². The van der Waals surface area contributed by atoms with Crippen molar-refractivity contribution in [3.05, 3.63) is 5.76 Å². The summed E-state index contributed by atoms with van der Waals surface area (Å²) in [5, 5.41) is 3.25. The maximum Gasteiger partial charge on any atom is 0.181 e. The highest BCUT2D eigenvalue weighted by molar-refractivity contribution is 5.49. The van der Waals surface area contributed by atoms with E-state index in [2.05, 4.69) is 10.2 Å². The summed E-state index contributed by atoms with van der Waals surface area (Å²) in [7, 11) is 0. The molecule has 1 aliphatic heterocycles. The van der Waals surface area contributed by atoms with Gasteiger partial charge in [-0.3, -0.25) is 4.90 Å². The lowest BCUT2D eigenvalue weighted by Gasteiger charge is -2.26. The van der Waals surface area contributed by atoms with Crippen LogP contribution in [0, 0.1) is 0 Å². The molecule has 1 saturated heterocycles. The fraction of sp³-hybridized carbons (Fsp3) is 0.778. The van der Waals surface area contributed by atoms with Crippen molar-refractivity contribution in [3.63, 3.8) is 0 Å². The number of rotatable bonds is 4. The number of carbonyl (C=O) groups excluding carboxylic acids is 1. The lowest BCUT2D eigenvalue weighted by atomic mass is 10.4. The Bertz CT molecular complexity index is 194. The minimum atomic E-state index is 0.415. The highest BCUT2D eigenvalue weighted by Gasteiger charge is 2.09. The van der Waals surface area contributed by atoms with Gasteiger partial charge in [-0.05, 0) is 0 Å². The molecule has 0 radical (unpaired) electrons. The Kier molecular flexibility index (Phi) is 4.54. The lowest BCUT2D eigenvalue weighted by molar-refractivity contribution is 0.0627. The summed E-state index contributed by atoms with van der Waals surface area (Å²) in [6, 6.07) is 0. The second kappa shape index (κ2) is 5.75. The Balaban J connectivity index is 2.20. The number of hydrogen-bond donors (Lipinski definition) is 1. The van der Waals surface area contributed by atoms with Gasteiger partial charge in [-0.1, -0.05) is 6.92 Å². The van der Waals surface area contributed by atoms with E-state index in [1.54, 1.807) is 5.94 Å². The molecule has 1 rings (SSSR count). The zero-order valence-corrected chi connectivity index (χ0v) is 8.01. The molecule has 0 saturated carbocycles. The summed E-state index contributed by atoms with van der Waals surface area (Å²) in [6.45, 7) is 6.36. The van der Waals surface area contributed by atoms with E-state index in [1.807, 2.05) is 6.92 Å². The highest BCUT2D eigenvalue weighted by Crippen LogP contribution is 2.00. The Hall–Kier alpha value is -0.830. The van der Waals surface area contributed by atoms with Crippen LogP contribution in [0.4, 0.5) is 0 Å². The molecule has 4 nitrogen and oxygen atoms in total. The molecule has 1 fully saturated rings. The molecule has 1 heterocycles. The predicted octanol–water partition coefficient (Wildman–Crippen LogP) is -0.00880. The molecular weight excluding hydrogens is 168 g/mol. The van der Waals surface area contributed by atoms with Gasteiger partial charge in [0.15, 0.2) is 11.7 Å². The predicted molar refractivity (Wildman–Crippen MR) is 49.9 cm³/mol. The molecule has 0 spiro atoms. The number of ether oxygens (including phenoxy) is 1. The fourth-order valence-corrected chi connectivity index (χ4v) is 1.21. The molecule has 0 bridgehead atoms. The third-order valence-corrected chi connectivity index (χ3v) is 2.07. The third kappa shape index (κ3) is 3.59. The zero-order chi connectivity index (χ0) is 9.52. The Morgan fingerprint density at radius 2 is 2.23 bits per heavy atom. The molecule has 0 aromatic carbocycles. The number of hydrogen-bond acceptors (Lipinski definition) is 4. The molecule has 1 aliphatic rings. The van der Waals surface area contributed by atoms with Crippen molar-refractivity contribution in [2.75, 3.05) is 32.9 Å². The van der Waals surface area contributed by atoms with Crippen molar-refractivity contribution in [1.29, 1.82) is 0 Å². The molecule has 0 amide bonds. The van der Waals surface area contributed by atoms with Gasteiger partial charge in [0.1, 0.15) is 6.73 Å². The number of piperazine rings is 1. The number of nitrogens with zero attached hydrogens (tertiary/aromatic N) is 1. The smallest absolute Gasteiger partial charge is 0.181 e. The summed E-state index contributed by atoms with van der Waals surface area (Å²) in [6.07, 6.45) is 0.621. The van der Waals surface area contributed by atoms with Crippen LogP contribution in [0.1, 0.15) is 13.3 Å². The van der Waals surface area contributed by atoms with E-state index in [4.69, 9.17) is 4.74 Å². The Labute approximate surface area is 78.5 Å². The first-order valence-electron chi connectivity index (χ1n) is 4.66. The highest BCUT2D eigenvalue weighted by atomic mass is 16.5. The van der Waals surface area contributed by atoms with E-state index in [1.165, 1.54) is 0 Å². The first kappa shape index (κ1) is 10.3. The van der Waals surface area contributed by atoms with Gasteiger partial charge in [0.25, 0.3) is 0 Å². The van der Waals surface area contributed by atoms with Crippen molar-refractivity contribution in [2.24, 2.45) is 0 Å². The first-order valence-corrected chi connectivity index (χ1v) is 4.66. The second-order valence-electron chi connectivity index (χ2n) is 3.02. The van der Waals surface area contributed by atoms with Crippen LogP contribution >= 0.6 is 0 Å². The van der Waals surface area contributed by atoms with E-state index in [0.717, 1.165) is 26.2 Å². The van der Waals surface area contributed by atoms with Crippen LogP contribution in [0.5, 0.6) is 0 Å². The monoisotopic (exact) mass is 184 g/mol. The largest absolute Gasteiger partial charge is 0.471 e. The van der Waals surface area contributed by atoms with Gasteiger partial charge in [-0.2, -0.15) is 0 Å². The summed E-state index contributed by atoms with van der Waals surface area (Å²) >= 11 is 0. The minimum Gasteiger partial charge on any atom is -0.471 e. The van der Waals surface area contributed by atoms with Gasteiger partial charge in [0.2, 0.25) is 0 Å². The molecule has 0 atom stereocenters. The molecule has 74 valence electrons. The van der Waals surface area contributed by atoms with E-state index in [9.17, 15) is 4.79 Å². The summed E-state index contributed by atoms with van der Waals surface area (Å²) in [4.78, 5) is 12.5. The van der Waals surface area contributed by atoms with Crippen LogP contribution in [-0.4, -0.2) is 43.8 Å². The molecular formula is C9H16N2O2. The molecule has 0 unspecified atom stereocenters. The second-order valence-corrected chi connectivity index (χ2v) is 3.02. The average molecular weight is 184 g/mol. The molecule has 0 aromatic heterocycles. The third-order valence-electron chi connectivity index (χ3n) is 2.07. The van der Waals surface area contributed by atoms with Crippen molar-refractivity contribution >= 4 is 5.94 Å². The lowest BCUT2D eigenvalue weighted by Crippen LogP contribution is -2.44. The van der Waals surface area contributed by atoms with Gasteiger partial charge in [-0.15, -0.1) is 0 Å². The average Bonchev–Trinajstić information content (AvgIpc) is 2.21. The van der Waals surface area contributed by atoms with Gasteiger partial charge >= 0.3 is 0 Å². The van der Waals surface area contributed by atoms with Crippen LogP contribution in [0.25, 0.3) is 0 Å². The van der Waals surface area contributed by atoms with Crippen molar-refractivity contribution in [3.8, 4) is 0 Å². The topological polar surface area (TPSA) is 41.6 Å². The standard InChI is InChI=1S/C9H16N2O2/c1-2-9(7-12)13-8-11-5-3-10-4-6-11/h10H,2-6,8H2,1H3. The number of nitrogens with one attached hydrogen (secondary N) is 1. The summed E-state index contributed by atoms with van der Waals surface area (Å²) < 4.78 is 5.27. The summed E-state index contributed by atoms with van der Waals surface area (Å²) in [5.74, 6) is 2.21. The van der Waals surface area contributed by atoms with Gasteiger partial charge in [-0.25, -0.2) is 4.79 Å². The van der Waals surface area contributed by atoms with Gasteiger partial charge < -0.3 is 10.1 Å². The molecule has 13 heavy (non-hydrogen) atoms.